The van der Waals surface area contributed by atoms with Crippen molar-refractivity contribution in [2.24, 2.45) is 11.5 Å². The zero-order valence-corrected chi connectivity index (χ0v) is 15.3. The average molecular weight is 380 g/mol. The lowest BCUT2D eigenvalue weighted by atomic mass is 9.81. The molecule has 3 atom stereocenters. The lowest BCUT2D eigenvalue weighted by molar-refractivity contribution is 0.1000. The van der Waals surface area contributed by atoms with Gasteiger partial charge in [0.15, 0.2) is 11.1 Å². The van der Waals surface area contributed by atoms with Crippen LogP contribution in [0.1, 0.15) is 39.0 Å². The van der Waals surface area contributed by atoms with Crippen LogP contribution < -0.4 is 11.5 Å². The van der Waals surface area contributed by atoms with Gasteiger partial charge in [0.1, 0.15) is 0 Å². The van der Waals surface area contributed by atoms with Crippen molar-refractivity contribution in [1.29, 1.82) is 0 Å². The molecule has 0 aromatic heterocycles. The highest BCUT2D eigenvalue weighted by molar-refractivity contribution is 7.79. The molecule has 1 amide bonds. The summed E-state index contributed by atoms with van der Waals surface area (Å²) in [6.45, 7) is 0. The van der Waals surface area contributed by atoms with Gasteiger partial charge in [-0.15, -0.1) is 0 Å². The van der Waals surface area contributed by atoms with Crippen LogP contribution in [0.3, 0.4) is 0 Å². The molecule has 138 valence electrons. The number of benzene rings is 3. The van der Waals surface area contributed by atoms with Crippen LogP contribution in [0.5, 0.6) is 0 Å². The van der Waals surface area contributed by atoms with E-state index in [0.29, 0.717) is 5.56 Å². The van der Waals surface area contributed by atoms with Crippen LogP contribution in [-0.2, 0) is 11.1 Å². The summed E-state index contributed by atoms with van der Waals surface area (Å²) in [5.74, 6) is -1.04. The standard InChI is InChI=1S/C21H20N2O3S/c22-20(15-9-5-2-6-10-15)19(14-7-3-1-4-8-14)17-13-16(21(23)24)11-12-18(17)27(25)26/h1-13,19-20H,22H2,(H2,23,24)(H,25,26)/t19-,20+/m1/s1. The van der Waals surface area contributed by atoms with Gasteiger partial charge < -0.3 is 16.0 Å². The first-order valence-corrected chi connectivity index (χ1v) is 9.49. The maximum atomic E-state index is 12.0. The lowest BCUT2D eigenvalue weighted by Crippen LogP contribution is -2.23. The summed E-state index contributed by atoms with van der Waals surface area (Å²) < 4.78 is 21.7. The number of rotatable bonds is 6. The predicted molar refractivity (Wildman–Crippen MR) is 106 cm³/mol. The molecule has 3 rings (SSSR count). The van der Waals surface area contributed by atoms with Gasteiger partial charge in [0.25, 0.3) is 0 Å². The molecule has 5 nitrogen and oxygen atoms in total. The number of hydrogen-bond donors (Lipinski definition) is 3. The Hall–Kier alpha value is -2.80. The fourth-order valence-electron chi connectivity index (χ4n) is 3.21. The Labute approximate surface area is 160 Å². The van der Waals surface area contributed by atoms with Gasteiger partial charge in [-0.1, -0.05) is 60.7 Å². The van der Waals surface area contributed by atoms with Gasteiger partial charge in [-0.2, -0.15) is 0 Å². The second-order valence-electron chi connectivity index (χ2n) is 6.19. The van der Waals surface area contributed by atoms with Crippen LogP contribution >= 0.6 is 0 Å². The van der Waals surface area contributed by atoms with E-state index in [1.165, 1.54) is 12.1 Å². The molecule has 27 heavy (non-hydrogen) atoms. The number of carbonyl (C=O) groups is 1. The Morgan fingerprint density at radius 2 is 1.44 bits per heavy atom. The second-order valence-corrected chi connectivity index (χ2v) is 7.13. The molecule has 0 aliphatic carbocycles. The van der Waals surface area contributed by atoms with Gasteiger partial charge >= 0.3 is 0 Å². The van der Waals surface area contributed by atoms with Gasteiger partial charge in [-0.25, -0.2) is 4.21 Å². The summed E-state index contributed by atoms with van der Waals surface area (Å²) in [6, 6.07) is 23.0. The van der Waals surface area contributed by atoms with E-state index in [2.05, 4.69) is 0 Å². The van der Waals surface area contributed by atoms with Crippen LogP contribution in [0.2, 0.25) is 0 Å². The largest absolute Gasteiger partial charge is 0.366 e. The number of hydrogen-bond acceptors (Lipinski definition) is 3. The maximum Gasteiger partial charge on any atom is 0.248 e. The van der Waals surface area contributed by atoms with Gasteiger partial charge in [-0.3, -0.25) is 4.79 Å². The monoisotopic (exact) mass is 380 g/mol. The molecular weight excluding hydrogens is 360 g/mol. The highest BCUT2D eigenvalue weighted by Gasteiger charge is 2.27. The van der Waals surface area contributed by atoms with E-state index in [1.807, 2.05) is 60.7 Å². The lowest BCUT2D eigenvalue weighted by Gasteiger charge is -2.27. The van der Waals surface area contributed by atoms with Crippen molar-refractivity contribution < 1.29 is 13.6 Å². The summed E-state index contributed by atoms with van der Waals surface area (Å²) in [7, 11) is 0. The SMILES string of the molecule is NC(=O)c1ccc(S(=O)O)c([C@@H](c2ccccc2)[C@@H](N)c2ccccc2)c1. The van der Waals surface area contributed by atoms with Gasteiger partial charge in [-0.05, 0) is 34.9 Å². The fraction of sp³-hybridized carbons (Fsp3) is 0.0952. The van der Waals surface area contributed by atoms with Crippen molar-refractivity contribution in [3.8, 4) is 0 Å². The van der Waals surface area contributed by atoms with E-state index in [0.717, 1.165) is 11.1 Å². The van der Waals surface area contributed by atoms with E-state index in [9.17, 15) is 13.6 Å². The quantitative estimate of drug-likeness (QED) is 0.571. The van der Waals surface area contributed by atoms with Gasteiger partial charge in [0, 0.05) is 17.5 Å². The van der Waals surface area contributed by atoms with Crippen LogP contribution in [0.25, 0.3) is 0 Å². The number of nitrogens with two attached hydrogens (primary N) is 2. The molecule has 0 fully saturated rings. The Morgan fingerprint density at radius 1 is 0.889 bits per heavy atom. The third-order valence-corrected chi connectivity index (χ3v) is 5.27. The zero-order valence-electron chi connectivity index (χ0n) is 14.5. The Kier molecular flexibility index (Phi) is 5.81. The van der Waals surface area contributed by atoms with E-state index in [-0.39, 0.29) is 10.5 Å². The molecule has 3 aromatic carbocycles. The second kappa shape index (κ2) is 8.26. The molecular formula is C21H20N2O3S. The summed E-state index contributed by atoms with van der Waals surface area (Å²) in [4.78, 5) is 11.9. The number of carbonyl (C=O) groups excluding carboxylic acids is 1. The zero-order chi connectivity index (χ0) is 19.4. The van der Waals surface area contributed by atoms with Crippen molar-refractivity contribution >= 4 is 17.0 Å². The summed E-state index contributed by atoms with van der Waals surface area (Å²) in [5.41, 5.74) is 14.6. The summed E-state index contributed by atoms with van der Waals surface area (Å²) >= 11 is -2.24. The fourth-order valence-corrected chi connectivity index (χ4v) is 3.78. The molecule has 3 aromatic rings. The topological polar surface area (TPSA) is 106 Å². The first-order valence-electron chi connectivity index (χ1n) is 8.39. The van der Waals surface area contributed by atoms with Gasteiger partial charge in [0.2, 0.25) is 5.91 Å². The molecule has 0 bridgehead atoms. The molecule has 1 unspecified atom stereocenters. The van der Waals surface area contributed by atoms with E-state index in [4.69, 9.17) is 11.5 Å². The molecule has 0 saturated carbocycles. The Bertz CT molecular complexity index is 962. The van der Waals surface area contributed by atoms with E-state index >= 15 is 0 Å². The maximum absolute atomic E-state index is 12.0. The molecule has 0 aliphatic heterocycles. The van der Waals surface area contributed by atoms with Crippen LogP contribution in [0, 0.1) is 0 Å². The minimum Gasteiger partial charge on any atom is -0.366 e. The molecule has 0 heterocycles. The van der Waals surface area contributed by atoms with Crippen molar-refractivity contribution in [3.05, 3.63) is 101 Å². The van der Waals surface area contributed by atoms with Crippen molar-refractivity contribution in [3.63, 3.8) is 0 Å². The average Bonchev–Trinajstić information content (AvgIpc) is 2.69. The third kappa shape index (κ3) is 4.14. The highest BCUT2D eigenvalue weighted by Crippen LogP contribution is 2.38. The van der Waals surface area contributed by atoms with Crippen molar-refractivity contribution in [2.45, 2.75) is 16.9 Å². The normalized spacial score (nSPS) is 14.3. The third-order valence-electron chi connectivity index (χ3n) is 4.52. The molecule has 5 N–H and O–H groups in total. The summed E-state index contributed by atoms with van der Waals surface area (Å²) in [6.07, 6.45) is 0. The molecule has 0 saturated heterocycles. The summed E-state index contributed by atoms with van der Waals surface area (Å²) in [5, 5.41) is 0. The minimum absolute atomic E-state index is 0.209. The molecule has 0 aliphatic rings. The minimum atomic E-state index is -2.24. The van der Waals surface area contributed by atoms with Crippen molar-refractivity contribution in [1.82, 2.24) is 0 Å². The number of amides is 1. The Morgan fingerprint density at radius 3 is 1.96 bits per heavy atom. The van der Waals surface area contributed by atoms with E-state index < -0.39 is 28.9 Å². The Balaban J connectivity index is 2.23. The smallest absolute Gasteiger partial charge is 0.248 e. The molecule has 0 radical (unpaired) electrons. The van der Waals surface area contributed by atoms with Crippen LogP contribution in [-0.4, -0.2) is 14.7 Å². The van der Waals surface area contributed by atoms with Crippen molar-refractivity contribution in [2.75, 3.05) is 0 Å². The predicted octanol–water partition coefficient (Wildman–Crippen LogP) is 3.20. The molecule has 6 heteroatoms. The molecule has 0 spiro atoms. The van der Waals surface area contributed by atoms with Gasteiger partial charge in [0.05, 0.1) is 4.90 Å². The van der Waals surface area contributed by atoms with E-state index in [1.54, 1.807) is 6.07 Å². The first-order chi connectivity index (χ1) is 13.0. The van der Waals surface area contributed by atoms with Crippen LogP contribution in [0.4, 0.5) is 0 Å². The number of primary amides is 1. The van der Waals surface area contributed by atoms with Crippen LogP contribution in [0.15, 0.2) is 83.8 Å². The first kappa shape index (κ1) is 19.0. The highest BCUT2D eigenvalue weighted by atomic mass is 32.2.